The van der Waals surface area contributed by atoms with Crippen molar-refractivity contribution in [2.45, 2.75) is 76.5 Å². The van der Waals surface area contributed by atoms with Crippen molar-refractivity contribution in [3.63, 3.8) is 0 Å². The van der Waals surface area contributed by atoms with E-state index in [0.717, 1.165) is 37.7 Å². The zero-order chi connectivity index (χ0) is 17.9. The molecule has 1 aromatic carbocycles. The predicted octanol–water partition coefficient (Wildman–Crippen LogP) is 4.72. The maximum Gasteiger partial charge on any atom is 0.410 e. The summed E-state index contributed by atoms with van der Waals surface area (Å²) in [6.07, 6.45) is 9.28. The second-order valence-corrected chi connectivity index (χ2v) is 8.32. The van der Waals surface area contributed by atoms with Crippen molar-refractivity contribution in [3.8, 4) is 0 Å². The van der Waals surface area contributed by atoms with Crippen molar-refractivity contribution < 1.29 is 14.3 Å². The highest BCUT2D eigenvalue weighted by atomic mass is 16.6. The van der Waals surface area contributed by atoms with Gasteiger partial charge in [0.2, 0.25) is 0 Å². The molecule has 2 saturated heterocycles. The van der Waals surface area contributed by atoms with Crippen LogP contribution in [0.1, 0.15) is 63.4 Å². The topological polar surface area (TPSA) is 46.6 Å². The summed E-state index contributed by atoms with van der Waals surface area (Å²) in [4.78, 5) is 27.3. The van der Waals surface area contributed by atoms with E-state index in [1.54, 1.807) is 0 Å². The lowest BCUT2D eigenvalue weighted by Gasteiger charge is -2.37. The van der Waals surface area contributed by atoms with Crippen molar-refractivity contribution in [2.24, 2.45) is 11.8 Å². The molecule has 140 valence electrons. The molecule has 2 bridgehead atoms. The quantitative estimate of drug-likeness (QED) is 0.768. The molecule has 0 aromatic heterocycles. The number of piperidine rings is 1. The van der Waals surface area contributed by atoms with Gasteiger partial charge in [0, 0.05) is 24.4 Å². The number of benzene rings is 1. The van der Waals surface area contributed by atoms with Gasteiger partial charge in [0.05, 0.1) is 0 Å². The molecule has 1 aromatic rings. The van der Waals surface area contributed by atoms with Gasteiger partial charge in [-0.2, -0.15) is 0 Å². The standard InChI is InChI=1S/C22H29NO3/c24-21(12-16-6-4-5-7-16)18-13-19-10-11-20(14-18)23(19)22(25)26-15-17-8-2-1-3-9-17/h1-3,8-9,16,18-20H,4-7,10-15H2. The summed E-state index contributed by atoms with van der Waals surface area (Å²) >= 11 is 0. The third-order valence-corrected chi connectivity index (χ3v) is 6.57. The van der Waals surface area contributed by atoms with Gasteiger partial charge < -0.3 is 9.64 Å². The Kier molecular flexibility index (Phi) is 5.28. The molecule has 1 amide bonds. The lowest BCUT2D eigenvalue weighted by Crippen LogP contribution is -2.48. The van der Waals surface area contributed by atoms with Gasteiger partial charge in [-0.25, -0.2) is 4.79 Å². The Balaban J connectivity index is 1.31. The van der Waals surface area contributed by atoms with E-state index in [1.807, 2.05) is 35.2 Å². The minimum atomic E-state index is -0.206. The van der Waals surface area contributed by atoms with Crippen LogP contribution in [0.15, 0.2) is 30.3 Å². The fourth-order valence-corrected chi connectivity index (χ4v) is 5.20. The second-order valence-electron chi connectivity index (χ2n) is 8.32. The highest BCUT2D eigenvalue weighted by Crippen LogP contribution is 2.41. The first-order chi connectivity index (χ1) is 12.7. The molecule has 0 radical (unpaired) electrons. The van der Waals surface area contributed by atoms with Gasteiger partial charge in [-0.1, -0.05) is 56.0 Å². The molecular weight excluding hydrogens is 326 g/mol. The Morgan fingerprint density at radius 1 is 0.962 bits per heavy atom. The Morgan fingerprint density at radius 3 is 2.27 bits per heavy atom. The average Bonchev–Trinajstić information content (AvgIpc) is 3.26. The number of hydrogen-bond acceptors (Lipinski definition) is 3. The fraction of sp³-hybridized carbons (Fsp3) is 0.636. The first-order valence-corrected chi connectivity index (χ1v) is 10.2. The maximum absolute atomic E-state index is 12.7. The summed E-state index contributed by atoms with van der Waals surface area (Å²) in [6, 6.07) is 10.2. The number of carbonyl (C=O) groups excluding carboxylic acids is 2. The second kappa shape index (κ2) is 7.81. The Bertz CT molecular complexity index is 624. The number of nitrogens with zero attached hydrogens (tertiary/aromatic N) is 1. The molecule has 2 atom stereocenters. The van der Waals surface area contributed by atoms with Crippen molar-refractivity contribution >= 4 is 11.9 Å². The number of carbonyl (C=O) groups is 2. The number of amides is 1. The van der Waals surface area contributed by atoms with Crippen molar-refractivity contribution in [2.75, 3.05) is 0 Å². The third kappa shape index (κ3) is 3.79. The zero-order valence-corrected chi connectivity index (χ0v) is 15.4. The van der Waals surface area contributed by atoms with Crippen molar-refractivity contribution in [1.82, 2.24) is 4.90 Å². The lowest BCUT2D eigenvalue weighted by molar-refractivity contribution is -0.126. The van der Waals surface area contributed by atoms with Crippen molar-refractivity contribution in [3.05, 3.63) is 35.9 Å². The summed E-state index contributed by atoms with van der Waals surface area (Å²) in [6.45, 7) is 0.319. The van der Waals surface area contributed by atoms with E-state index in [1.165, 1.54) is 25.7 Å². The minimum Gasteiger partial charge on any atom is -0.445 e. The molecule has 0 N–H and O–H groups in total. The van der Waals surface area contributed by atoms with E-state index < -0.39 is 0 Å². The van der Waals surface area contributed by atoms with Crippen LogP contribution in [0.5, 0.6) is 0 Å². The number of ketones is 1. The van der Waals surface area contributed by atoms with Crippen molar-refractivity contribution in [1.29, 1.82) is 0 Å². The molecule has 1 saturated carbocycles. The predicted molar refractivity (Wildman–Crippen MR) is 99.6 cm³/mol. The molecule has 3 aliphatic rings. The van der Waals surface area contributed by atoms with Crippen LogP contribution in [0.2, 0.25) is 0 Å². The molecule has 26 heavy (non-hydrogen) atoms. The molecule has 2 unspecified atom stereocenters. The third-order valence-electron chi connectivity index (χ3n) is 6.57. The monoisotopic (exact) mass is 355 g/mol. The molecular formula is C22H29NO3. The molecule has 4 heteroatoms. The van der Waals surface area contributed by atoms with E-state index in [-0.39, 0.29) is 24.1 Å². The number of hydrogen-bond donors (Lipinski definition) is 0. The fourth-order valence-electron chi connectivity index (χ4n) is 5.20. The number of ether oxygens (including phenoxy) is 1. The Labute approximate surface area is 155 Å². The van der Waals surface area contributed by atoms with E-state index in [9.17, 15) is 9.59 Å². The highest BCUT2D eigenvalue weighted by molar-refractivity contribution is 5.82. The van der Waals surface area contributed by atoms with Gasteiger partial charge in [0.25, 0.3) is 0 Å². The Hall–Kier alpha value is -1.84. The van der Waals surface area contributed by atoms with E-state index in [2.05, 4.69) is 0 Å². The lowest BCUT2D eigenvalue weighted by atomic mass is 9.84. The summed E-state index contributed by atoms with van der Waals surface area (Å²) in [7, 11) is 0. The van der Waals surface area contributed by atoms with Gasteiger partial charge in [-0.15, -0.1) is 0 Å². The maximum atomic E-state index is 12.7. The number of fused-ring (bicyclic) bond motifs is 2. The highest BCUT2D eigenvalue weighted by Gasteiger charge is 2.45. The van der Waals surface area contributed by atoms with Crippen LogP contribution in [0.3, 0.4) is 0 Å². The zero-order valence-electron chi connectivity index (χ0n) is 15.4. The molecule has 1 aliphatic carbocycles. The minimum absolute atomic E-state index is 0.159. The molecule has 2 aliphatic heterocycles. The van der Waals surface area contributed by atoms with Gasteiger partial charge in [0.1, 0.15) is 12.4 Å². The normalized spacial score (nSPS) is 28.3. The number of rotatable bonds is 5. The summed E-state index contributed by atoms with van der Waals surface area (Å²) in [5.41, 5.74) is 1.01. The first-order valence-electron chi connectivity index (χ1n) is 10.2. The van der Waals surface area contributed by atoms with Gasteiger partial charge in [-0.3, -0.25) is 4.79 Å². The summed E-state index contributed by atoms with van der Waals surface area (Å²) in [5, 5.41) is 0. The molecule has 0 spiro atoms. The molecule has 4 rings (SSSR count). The van der Waals surface area contributed by atoms with Gasteiger partial charge in [-0.05, 0) is 37.2 Å². The summed E-state index contributed by atoms with van der Waals surface area (Å²) < 4.78 is 5.55. The van der Waals surface area contributed by atoms with E-state index >= 15 is 0 Å². The smallest absolute Gasteiger partial charge is 0.410 e. The van der Waals surface area contributed by atoms with Crippen LogP contribution in [0.25, 0.3) is 0 Å². The van der Waals surface area contributed by atoms with Crippen LogP contribution in [-0.4, -0.2) is 28.9 Å². The van der Waals surface area contributed by atoms with Gasteiger partial charge in [0.15, 0.2) is 0 Å². The van der Waals surface area contributed by atoms with Crippen LogP contribution < -0.4 is 0 Å². The first kappa shape index (κ1) is 17.6. The van der Waals surface area contributed by atoms with E-state index in [0.29, 0.717) is 18.3 Å². The average molecular weight is 355 g/mol. The van der Waals surface area contributed by atoms with Crippen LogP contribution in [0.4, 0.5) is 4.79 Å². The van der Waals surface area contributed by atoms with Crippen LogP contribution >= 0.6 is 0 Å². The largest absolute Gasteiger partial charge is 0.445 e. The summed E-state index contributed by atoms with van der Waals surface area (Å²) in [5.74, 6) is 1.23. The molecule has 2 heterocycles. The number of Topliss-reactive ketones (excluding diaryl/α,β-unsaturated/α-hetero) is 1. The SMILES string of the molecule is O=C(CC1CCCC1)C1CC2CCC(C1)N2C(=O)OCc1ccccc1. The molecule has 4 nitrogen and oxygen atoms in total. The van der Waals surface area contributed by atoms with E-state index in [4.69, 9.17) is 4.74 Å². The van der Waals surface area contributed by atoms with Crippen LogP contribution in [0, 0.1) is 11.8 Å². The van der Waals surface area contributed by atoms with Gasteiger partial charge >= 0.3 is 6.09 Å². The molecule has 3 fully saturated rings. The Morgan fingerprint density at radius 2 is 1.62 bits per heavy atom. The van der Waals surface area contributed by atoms with Crippen LogP contribution in [-0.2, 0) is 16.1 Å².